The van der Waals surface area contributed by atoms with Crippen molar-refractivity contribution in [3.63, 3.8) is 0 Å². The van der Waals surface area contributed by atoms with Crippen LogP contribution in [-0.4, -0.2) is 52.5 Å². The van der Waals surface area contributed by atoms with Crippen LogP contribution in [0, 0.1) is 16.7 Å². The van der Waals surface area contributed by atoms with Gasteiger partial charge in [0.15, 0.2) is 0 Å². The first-order chi connectivity index (χ1) is 14.8. The number of hydrogen-bond donors (Lipinski definition) is 3. The fraction of sp³-hybridized carbons (Fsp3) is 0.286. The topological polar surface area (TPSA) is 127 Å². The Labute approximate surface area is 173 Å². The lowest BCUT2D eigenvalue weighted by atomic mass is 10.1. The van der Waals surface area contributed by atoms with E-state index in [0.717, 1.165) is 29.7 Å². The zero-order valence-electron chi connectivity index (χ0n) is 16.4. The second-order valence-corrected chi connectivity index (χ2v) is 6.86. The lowest BCUT2D eigenvalue weighted by Crippen LogP contribution is -2.36. The molecule has 1 aliphatic rings. The average molecular weight is 402 g/mol. The van der Waals surface area contributed by atoms with E-state index in [-0.39, 0.29) is 12.5 Å². The van der Waals surface area contributed by atoms with E-state index >= 15 is 0 Å². The second kappa shape index (κ2) is 9.15. The maximum absolute atomic E-state index is 9.34. The van der Waals surface area contributed by atoms with Crippen molar-refractivity contribution in [3.8, 4) is 6.07 Å². The van der Waals surface area contributed by atoms with Gasteiger partial charge >= 0.3 is 0 Å². The fourth-order valence-corrected chi connectivity index (χ4v) is 3.47. The van der Waals surface area contributed by atoms with Crippen molar-refractivity contribution in [2.45, 2.75) is 12.5 Å². The molecule has 3 aromatic rings. The van der Waals surface area contributed by atoms with E-state index in [9.17, 15) is 5.26 Å². The zero-order chi connectivity index (χ0) is 20.8. The van der Waals surface area contributed by atoms with Crippen LogP contribution >= 0.6 is 0 Å². The summed E-state index contributed by atoms with van der Waals surface area (Å²) in [5, 5.41) is 21.3. The van der Waals surface area contributed by atoms with Crippen LogP contribution in [0.2, 0.25) is 0 Å². The van der Waals surface area contributed by atoms with Crippen molar-refractivity contribution < 1.29 is 4.74 Å². The van der Waals surface area contributed by atoms with Gasteiger partial charge in [-0.1, -0.05) is 0 Å². The first-order valence-corrected chi connectivity index (χ1v) is 9.70. The third-order valence-electron chi connectivity index (χ3n) is 5.04. The highest BCUT2D eigenvalue weighted by atomic mass is 16.5. The Kier molecular flexibility index (Phi) is 5.96. The first kappa shape index (κ1) is 19.5. The van der Waals surface area contributed by atoms with Gasteiger partial charge in [0.25, 0.3) is 0 Å². The van der Waals surface area contributed by atoms with E-state index in [4.69, 9.17) is 10.1 Å². The normalized spacial score (nSPS) is 15.6. The Morgan fingerprint density at radius 1 is 1.37 bits per heavy atom. The molecule has 1 atom stereocenters. The van der Waals surface area contributed by atoms with Crippen LogP contribution in [0.15, 0.2) is 43.3 Å². The van der Waals surface area contributed by atoms with Gasteiger partial charge in [-0.05, 0) is 17.7 Å². The SMILES string of the molecule is N#CCC(N/C=C(\C=N)c1ncnc2[nH]ccc12)c1cncc(N2CCOCC2)c1. The number of ether oxygens (including phenoxy) is 1. The van der Waals surface area contributed by atoms with Crippen LogP contribution in [0.4, 0.5) is 5.69 Å². The lowest BCUT2D eigenvalue weighted by Gasteiger charge is -2.29. The van der Waals surface area contributed by atoms with E-state index in [1.54, 1.807) is 18.6 Å². The van der Waals surface area contributed by atoms with Gasteiger partial charge in [0.2, 0.25) is 0 Å². The number of anilines is 1. The Morgan fingerprint density at radius 3 is 3.03 bits per heavy atom. The van der Waals surface area contributed by atoms with Crippen LogP contribution in [0.3, 0.4) is 0 Å². The summed E-state index contributed by atoms with van der Waals surface area (Å²) in [7, 11) is 0. The molecule has 4 rings (SSSR count). The highest BCUT2D eigenvalue weighted by molar-refractivity contribution is 6.11. The largest absolute Gasteiger partial charge is 0.382 e. The molecule has 1 unspecified atom stereocenters. The number of aromatic nitrogens is 4. The second-order valence-electron chi connectivity index (χ2n) is 6.86. The summed E-state index contributed by atoms with van der Waals surface area (Å²) in [5.74, 6) is 0. The molecule has 0 saturated carbocycles. The first-order valence-electron chi connectivity index (χ1n) is 9.70. The number of nitrogens with zero attached hydrogens (tertiary/aromatic N) is 5. The monoisotopic (exact) mass is 402 g/mol. The number of H-pyrrole nitrogens is 1. The summed E-state index contributed by atoms with van der Waals surface area (Å²) in [6.07, 6.45) is 10.1. The number of rotatable bonds is 7. The van der Waals surface area contributed by atoms with Gasteiger partial charge in [-0.2, -0.15) is 5.26 Å². The smallest absolute Gasteiger partial charge is 0.141 e. The zero-order valence-corrected chi connectivity index (χ0v) is 16.4. The maximum atomic E-state index is 9.34. The van der Waals surface area contributed by atoms with E-state index in [1.165, 1.54) is 12.5 Å². The van der Waals surface area contributed by atoms with Gasteiger partial charge in [0.05, 0.1) is 49.3 Å². The molecule has 0 amide bonds. The fourth-order valence-electron chi connectivity index (χ4n) is 3.47. The minimum Gasteiger partial charge on any atom is -0.382 e. The van der Waals surface area contributed by atoms with Gasteiger partial charge in [0, 0.05) is 48.9 Å². The molecule has 152 valence electrons. The molecular formula is C21H22N8O. The highest BCUT2D eigenvalue weighted by Crippen LogP contribution is 2.24. The summed E-state index contributed by atoms with van der Waals surface area (Å²) in [6, 6.07) is 5.90. The Balaban J connectivity index is 1.59. The molecule has 9 heteroatoms. The van der Waals surface area contributed by atoms with Gasteiger partial charge < -0.3 is 25.3 Å². The van der Waals surface area contributed by atoms with Gasteiger partial charge in [-0.25, -0.2) is 9.97 Å². The number of hydrogen-bond acceptors (Lipinski definition) is 8. The summed E-state index contributed by atoms with van der Waals surface area (Å²) < 4.78 is 5.42. The summed E-state index contributed by atoms with van der Waals surface area (Å²) in [4.78, 5) is 18.2. The maximum Gasteiger partial charge on any atom is 0.141 e. The number of nitriles is 1. The Morgan fingerprint density at radius 2 is 2.23 bits per heavy atom. The lowest BCUT2D eigenvalue weighted by molar-refractivity contribution is 0.122. The summed E-state index contributed by atoms with van der Waals surface area (Å²) in [6.45, 7) is 3.03. The molecule has 3 aromatic heterocycles. The predicted octanol–water partition coefficient (Wildman–Crippen LogP) is 2.42. The quantitative estimate of drug-likeness (QED) is 0.518. The summed E-state index contributed by atoms with van der Waals surface area (Å²) in [5.41, 5.74) is 3.89. The molecule has 30 heavy (non-hydrogen) atoms. The summed E-state index contributed by atoms with van der Waals surface area (Å²) >= 11 is 0. The number of nitrogens with one attached hydrogen (secondary N) is 3. The molecule has 0 aromatic carbocycles. The van der Waals surface area contributed by atoms with Crippen LogP contribution in [0.1, 0.15) is 23.7 Å². The van der Waals surface area contributed by atoms with Gasteiger partial charge in [0.1, 0.15) is 12.0 Å². The molecule has 9 nitrogen and oxygen atoms in total. The molecular weight excluding hydrogens is 380 g/mol. The van der Waals surface area contributed by atoms with Crippen molar-refractivity contribution in [1.29, 1.82) is 10.7 Å². The average Bonchev–Trinajstić information content (AvgIpc) is 3.29. The predicted molar refractivity (Wildman–Crippen MR) is 114 cm³/mol. The van der Waals surface area contributed by atoms with Gasteiger partial charge in [-0.3, -0.25) is 4.98 Å². The van der Waals surface area contributed by atoms with E-state index in [0.29, 0.717) is 30.1 Å². The Bertz CT molecular complexity index is 1090. The van der Waals surface area contributed by atoms with E-state index in [1.807, 2.05) is 12.3 Å². The number of pyridine rings is 1. The third kappa shape index (κ3) is 4.14. The molecule has 0 radical (unpaired) electrons. The van der Waals surface area contributed by atoms with Crippen molar-refractivity contribution in [2.75, 3.05) is 31.2 Å². The third-order valence-corrected chi connectivity index (χ3v) is 5.04. The van der Waals surface area contributed by atoms with Crippen molar-refractivity contribution in [1.82, 2.24) is 25.3 Å². The van der Waals surface area contributed by atoms with Crippen LogP contribution in [-0.2, 0) is 4.74 Å². The Hall–Kier alpha value is -3.77. The molecule has 0 spiro atoms. The van der Waals surface area contributed by atoms with Crippen LogP contribution in [0.5, 0.6) is 0 Å². The van der Waals surface area contributed by atoms with E-state index < -0.39 is 0 Å². The van der Waals surface area contributed by atoms with E-state index in [2.05, 4.69) is 42.3 Å². The number of morpholine rings is 1. The van der Waals surface area contributed by atoms with Gasteiger partial charge in [-0.15, -0.1) is 0 Å². The number of fused-ring (bicyclic) bond motifs is 1. The molecule has 0 bridgehead atoms. The minimum atomic E-state index is -0.262. The molecule has 4 heterocycles. The van der Waals surface area contributed by atoms with Crippen molar-refractivity contribution >= 4 is 28.5 Å². The molecule has 1 saturated heterocycles. The molecule has 1 aliphatic heterocycles. The van der Waals surface area contributed by atoms with Crippen molar-refractivity contribution in [2.24, 2.45) is 0 Å². The van der Waals surface area contributed by atoms with Crippen LogP contribution < -0.4 is 10.2 Å². The van der Waals surface area contributed by atoms with Crippen molar-refractivity contribution in [3.05, 3.63) is 54.5 Å². The van der Waals surface area contributed by atoms with Crippen LogP contribution in [0.25, 0.3) is 16.6 Å². The number of aromatic amines is 1. The minimum absolute atomic E-state index is 0.262. The molecule has 3 N–H and O–H groups in total. The standard InChI is InChI=1S/C21H22N8O/c22-3-1-19(15-9-17(13-24-11-15)29-5-7-30-8-6-29)26-12-16(10-23)20-18-2-4-25-21(18)28-14-27-20/h2,4,9-14,19,23,26H,1,5-8H2,(H,25,27,28)/b16-12+,23-10?. The highest BCUT2D eigenvalue weighted by Gasteiger charge is 2.16. The molecule has 1 fully saturated rings. The molecule has 0 aliphatic carbocycles. The number of allylic oxidation sites excluding steroid dienone is 1.